The molecule has 2 aliphatic rings. The van der Waals surface area contributed by atoms with Crippen LogP contribution in [0.2, 0.25) is 0 Å². The number of carbonyl (C=O) groups is 4. The zero-order valence-electron chi connectivity index (χ0n) is 17.3. The van der Waals surface area contributed by atoms with Crippen molar-refractivity contribution in [2.24, 2.45) is 5.41 Å². The van der Waals surface area contributed by atoms with Gasteiger partial charge in [-0.05, 0) is 39.7 Å². The number of esters is 2. The average Bonchev–Trinajstić information content (AvgIpc) is 3.09. The molecular weight excluding hydrogens is 384 g/mol. The molecule has 2 rings (SSSR count). The van der Waals surface area contributed by atoms with Gasteiger partial charge < -0.3 is 18.9 Å². The second kappa shape index (κ2) is 9.62. The minimum atomic E-state index is -1.59. The number of rotatable bonds is 6. The van der Waals surface area contributed by atoms with Crippen molar-refractivity contribution in [2.75, 3.05) is 33.0 Å². The molecule has 0 aromatic heterocycles. The molecule has 1 saturated carbocycles. The number of carbonyl (C=O) groups excluding carboxylic acids is 4. The summed E-state index contributed by atoms with van der Waals surface area (Å²) in [6.45, 7) is 7.05. The van der Waals surface area contributed by atoms with E-state index in [1.54, 1.807) is 33.8 Å². The summed E-state index contributed by atoms with van der Waals surface area (Å²) in [6, 6.07) is -0.735. The molecular formula is C19H28N2O8. The first-order valence-corrected chi connectivity index (χ1v) is 9.79. The quantitative estimate of drug-likeness (QED) is 0.282. The van der Waals surface area contributed by atoms with Crippen LogP contribution in [0.25, 0.3) is 0 Å². The number of nitrogens with zero attached hydrogens (tertiary/aromatic N) is 2. The summed E-state index contributed by atoms with van der Waals surface area (Å²) in [7, 11) is 0. The van der Waals surface area contributed by atoms with Gasteiger partial charge in [-0.3, -0.25) is 9.59 Å². The summed E-state index contributed by atoms with van der Waals surface area (Å²) >= 11 is 0. The van der Waals surface area contributed by atoms with Crippen LogP contribution in [-0.4, -0.2) is 73.2 Å². The fourth-order valence-electron chi connectivity index (χ4n) is 3.62. The maximum Gasteiger partial charge on any atom is 0.429 e. The second-order valence-electron chi connectivity index (χ2n) is 6.52. The Labute approximate surface area is 169 Å². The number of hydrogen-bond donors (Lipinski definition) is 0. The number of hydrazine groups is 1. The molecule has 0 spiro atoms. The van der Waals surface area contributed by atoms with Crippen LogP contribution in [0, 0.1) is 5.41 Å². The summed E-state index contributed by atoms with van der Waals surface area (Å²) in [5.74, 6) is -1.42. The third kappa shape index (κ3) is 4.30. The predicted octanol–water partition coefficient (Wildman–Crippen LogP) is 2.03. The fraction of sp³-hybridized carbons (Fsp3) is 0.684. The van der Waals surface area contributed by atoms with Crippen LogP contribution in [-0.2, 0) is 28.5 Å². The third-order valence-corrected chi connectivity index (χ3v) is 4.82. The largest absolute Gasteiger partial charge is 0.465 e. The molecule has 1 fully saturated rings. The van der Waals surface area contributed by atoms with Crippen molar-refractivity contribution in [2.45, 2.75) is 46.6 Å². The molecule has 0 aromatic carbocycles. The van der Waals surface area contributed by atoms with E-state index in [1.165, 1.54) is 0 Å². The molecule has 0 saturated heterocycles. The molecule has 162 valence electrons. The Morgan fingerprint density at radius 3 is 1.93 bits per heavy atom. The van der Waals surface area contributed by atoms with Crippen molar-refractivity contribution < 1.29 is 38.1 Å². The van der Waals surface area contributed by atoms with Gasteiger partial charge in [0.05, 0.1) is 39.0 Å². The number of fused-ring (bicyclic) bond motifs is 1. The van der Waals surface area contributed by atoms with Crippen molar-refractivity contribution in [3.8, 4) is 0 Å². The van der Waals surface area contributed by atoms with Gasteiger partial charge in [-0.2, -0.15) is 0 Å². The lowest BCUT2D eigenvalue weighted by Gasteiger charge is -2.40. The van der Waals surface area contributed by atoms with Crippen LogP contribution >= 0.6 is 0 Å². The second-order valence-corrected chi connectivity index (χ2v) is 6.52. The highest BCUT2D eigenvalue weighted by molar-refractivity contribution is 6.01. The highest BCUT2D eigenvalue weighted by Crippen LogP contribution is 2.47. The van der Waals surface area contributed by atoms with Gasteiger partial charge in [-0.15, -0.1) is 0 Å². The van der Waals surface area contributed by atoms with Crippen molar-refractivity contribution >= 4 is 24.1 Å². The van der Waals surface area contributed by atoms with Crippen LogP contribution in [0.5, 0.6) is 0 Å². The SMILES string of the molecule is CCOC(=O)N1CC=C2CC(C(=O)OCC)(C(=O)OCC)CC2N1C(=O)OCC. The van der Waals surface area contributed by atoms with E-state index in [0.29, 0.717) is 5.57 Å². The Bertz CT molecular complexity index is 672. The zero-order valence-corrected chi connectivity index (χ0v) is 17.3. The summed E-state index contributed by atoms with van der Waals surface area (Å²) in [5.41, 5.74) is -0.919. The molecule has 0 N–H and O–H groups in total. The van der Waals surface area contributed by atoms with E-state index >= 15 is 0 Å². The van der Waals surface area contributed by atoms with Gasteiger partial charge in [-0.1, -0.05) is 6.08 Å². The summed E-state index contributed by atoms with van der Waals surface area (Å²) in [6.07, 6.45) is 0.199. The normalized spacial score (nSPS) is 19.7. The zero-order chi connectivity index (χ0) is 21.6. The molecule has 1 aliphatic carbocycles. The summed E-state index contributed by atoms with van der Waals surface area (Å²) in [5, 5.41) is 2.24. The van der Waals surface area contributed by atoms with Gasteiger partial charge in [0.15, 0.2) is 5.41 Å². The predicted molar refractivity (Wildman–Crippen MR) is 99.4 cm³/mol. The molecule has 29 heavy (non-hydrogen) atoms. The lowest BCUT2D eigenvalue weighted by molar-refractivity contribution is -0.172. The van der Waals surface area contributed by atoms with Crippen molar-refractivity contribution in [3.05, 3.63) is 11.6 Å². The Kier molecular flexibility index (Phi) is 7.46. The smallest absolute Gasteiger partial charge is 0.429 e. The van der Waals surface area contributed by atoms with E-state index < -0.39 is 35.6 Å². The molecule has 1 aliphatic heterocycles. The lowest BCUT2D eigenvalue weighted by Crippen LogP contribution is -2.57. The fourth-order valence-corrected chi connectivity index (χ4v) is 3.62. The standard InChI is InChI=1S/C19H28N2O8/c1-5-26-15(22)19(16(23)27-6-2)11-13-9-10-20(17(24)28-7-3)21(14(13)12-19)18(25)29-8-4/h9,14H,5-8,10-12H2,1-4H3. The van der Waals surface area contributed by atoms with Gasteiger partial charge in [0.1, 0.15) is 0 Å². The monoisotopic (exact) mass is 412 g/mol. The number of amides is 2. The van der Waals surface area contributed by atoms with Crippen molar-refractivity contribution in [3.63, 3.8) is 0 Å². The molecule has 10 heteroatoms. The Morgan fingerprint density at radius 2 is 1.41 bits per heavy atom. The molecule has 0 aromatic rings. The third-order valence-electron chi connectivity index (χ3n) is 4.82. The minimum Gasteiger partial charge on any atom is -0.465 e. The van der Waals surface area contributed by atoms with E-state index in [9.17, 15) is 19.2 Å². The molecule has 1 heterocycles. The highest BCUT2D eigenvalue weighted by Gasteiger charge is 2.59. The van der Waals surface area contributed by atoms with Crippen LogP contribution in [0.4, 0.5) is 9.59 Å². The van der Waals surface area contributed by atoms with E-state index in [-0.39, 0.29) is 45.8 Å². The number of ether oxygens (including phenoxy) is 4. The highest BCUT2D eigenvalue weighted by atomic mass is 16.6. The van der Waals surface area contributed by atoms with Gasteiger partial charge in [-0.25, -0.2) is 19.6 Å². The van der Waals surface area contributed by atoms with Crippen molar-refractivity contribution in [1.82, 2.24) is 10.0 Å². The Hall–Kier alpha value is -2.78. The molecule has 1 atom stereocenters. The lowest BCUT2D eigenvalue weighted by atomic mass is 9.85. The van der Waals surface area contributed by atoms with Crippen LogP contribution < -0.4 is 0 Å². The topological polar surface area (TPSA) is 112 Å². The Morgan fingerprint density at radius 1 is 0.897 bits per heavy atom. The van der Waals surface area contributed by atoms with E-state index in [0.717, 1.165) is 10.0 Å². The molecule has 2 amide bonds. The first-order valence-electron chi connectivity index (χ1n) is 9.79. The maximum absolute atomic E-state index is 12.8. The van der Waals surface area contributed by atoms with Gasteiger partial charge in [0.2, 0.25) is 0 Å². The summed E-state index contributed by atoms with van der Waals surface area (Å²) in [4.78, 5) is 50.6. The summed E-state index contributed by atoms with van der Waals surface area (Å²) < 4.78 is 20.5. The number of hydrogen-bond acceptors (Lipinski definition) is 8. The maximum atomic E-state index is 12.8. The Balaban J connectivity index is 2.44. The molecule has 0 radical (unpaired) electrons. The average molecular weight is 412 g/mol. The molecule has 10 nitrogen and oxygen atoms in total. The molecule has 1 unspecified atom stereocenters. The van der Waals surface area contributed by atoms with Crippen molar-refractivity contribution in [1.29, 1.82) is 0 Å². The first kappa shape index (κ1) is 22.5. The van der Waals surface area contributed by atoms with E-state index in [4.69, 9.17) is 18.9 Å². The van der Waals surface area contributed by atoms with Gasteiger partial charge >= 0.3 is 24.1 Å². The van der Waals surface area contributed by atoms with Crippen LogP contribution in [0.3, 0.4) is 0 Å². The van der Waals surface area contributed by atoms with E-state index in [2.05, 4.69) is 0 Å². The molecule has 0 bridgehead atoms. The van der Waals surface area contributed by atoms with Gasteiger partial charge in [0.25, 0.3) is 0 Å². The first-order chi connectivity index (χ1) is 13.9. The van der Waals surface area contributed by atoms with E-state index in [1.807, 2.05) is 0 Å². The van der Waals surface area contributed by atoms with Crippen LogP contribution in [0.1, 0.15) is 40.5 Å². The minimum absolute atomic E-state index is 0.0436. The van der Waals surface area contributed by atoms with Gasteiger partial charge in [0, 0.05) is 6.42 Å². The van der Waals surface area contributed by atoms with Crippen LogP contribution in [0.15, 0.2) is 11.6 Å².